The fraction of sp³-hybridized carbons (Fsp3) is 0.286. The minimum absolute atomic E-state index is 0.941. The Bertz CT molecular complexity index is 1610. The van der Waals surface area contributed by atoms with Crippen LogP contribution in [0.3, 0.4) is 0 Å². The molecule has 7 rings (SSSR count). The van der Waals surface area contributed by atoms with Gasteiger partial charge in [-0.3, -0.25) is 0 Å². The summed E-state index contributed by atoms with van der Waals surface area (Å²) in [6.45, 7) is 4.01. The van der Waals surface area contributed by atoms with Crippen LogP contribution in [-0.2, 0) is 38.8 Å². The molecule has 2 aliphatic rings. The van der Waals surface area contributed by atoms with Gasteiger partial charge in [0.05, 0.1) is 0 Å². The van der Waals surface area contributed by atoms with Gasteiger partial charge < -0.3 is 10.6 Å². The lowest BCUT2D eigenvalue weighted by Gasteiger charge is -2.09. The second kappa shape index (κ2) is 13.8. The number of aryl methyl sites for hydroxylation is 2. The zero-order chi connectivity index (χ0) is 29.6. The van der Waals surface area contributed by atoms with Gasteiger partial charge in [0.2, 0.25) is 0 Å². The number of unbranched alkanes of at least 4 members (excludes halogenated alkanes) is 2. The van der Waals surface area contributed by atoms with E-state index >= 15 is 0 Å². The van der Waals surface area contributed by atoms with Gasteiger partial charge in [-0.2, -0.15) is 0 Å². The van der Waals surface area contributed by atoms with Crippen molar-refractivity contribution in [2.75, 3.05) is 13.1 Å². The third kappa shape index (κ3) is 6.73. The van der Waals surface area contributed by atoms with Crippen molar-refractivity contribution in [1.82, 2.24) is 10.6 Å². The second-order valence-corrected chi connectivity index (χ2v) is 12.7. The molecule has 0 spiro atoms. The molecule has 222 valence electrons. The van der Waals surface area contributed by atoms with Crippen LogP contribution in [0.4, 0.5) is 0 Å². The van der Waals surface area contributed by atoms with E-state index in [9.17, 15) is 0 Å². The zero-order valence-electron chi connectivity index (χ0n) is 25.9. The van der Waals surface area contributed by atoms with Gasteiger partial charge in [0.1, 0.15) is 0 Å². The fourth-order valence-electron chi connectivity index (χ4n) is 7.18. The summed E-state index contributed by atoms with van der Waals surface area (Å²) in [5, 5.41) is 7.34. The third-order valence-electron chi connectivity index (χ3n) is 9.50. The molecule has 2 heteroatoms. The Morgan fingerprint density at radius 2 is 0.864 bits per heavy atom. The SMILES string of the molecule is c1cc(CNCCCCc2ccc3c(c2)Cc2ccccc2-3)cc(CNCCCCc2ccc3c(c2)Cc2ccccc2-3)c1. The van der Waals surface area contributed by atoms with E-state index in [0.29, 0.717) is 0 Å². The third-order valence-corrected chi connectivity index (χ3v) is 9.50. The van der Waals surface area contributed by atoms with Crippen molar-refractivity contribution in [3.05, 3.63) is 154 Å². The Labute approximate surface area is 263 Å². The predicted octanol–water partition coefficient (Wildman–Crippen LogP) is 9.05. The lowest BCUT2D eigenvalue weighted by atomic mass is 10.0. The van der Waals surface area contributed by atoms with Crippen molar-refractivity contribution in [3.63, 3.8) is 0 Å². The van der Waals surface area contributed by atoms with Gasteiger partial charge in [-0.25, -0.2) is 0 Å². The first kappa shape index (κ1) is 28.8. The summed E-state index contributed by atoms with van der Waals surface area (Å²) in [5.74, 6) is 0. The lowest BCUT2D eigenvalue weighted by molar-refractivity contribution is 0.616. The molecule has 2 N–H and O–H groups in total. The van der Waals surface area contributed by atoms with Crippen molar-refractivity contribution in [3.8, 4) is 22.3 Å². The van der Waals surface area contributed by atoms with Gasteiger partial charge in [0.25, 0.3) is 0 Å². The molecular weight excluding hydrogens is 532 g/mol. The number of rotatable bonds is 14. The van der Waals surface area contributed by atoms with E-state index in [1.165, 1.54) is 92.4 Å². The molecule has 0 saturated carbocycles. The van der Waals surface area contributed by atoms with E-state index < -0.39 is 0 Å². The molecule has 0 heterocycles. The van der Waals surface area contributed by atoms with Crippen LogP contribution in [-0.4, -0.2) is 13.1 Å². The molecule has 5 aromatic rings. The summed E-state index contributed by atoms with van der Waals surface area (Å²) in [4.78, 5) is 0. The number of hydrogen-bond acceptors (Lipinski definition) is 2. The molecule has 0 atom stereocenters. The Morgan fingerprint density at radius 3 is 1.39 bits per heavy atom. The summed E-state index contributed by atoms with van der Waals surface area (Å²) in [6, 6.07) is 40.9. The predicted molar refractivity (Wildman–Crippen MR) is 185 cm³/mol. The highest BCUT2D eigenvalue weighted by atomic mass is 14.9. The molecule has 0 saturated heterocycles. The molecule has 44 heavy (non-hydrogen) atoms. The van der Waals surface area contributed by atoms with E-state index in [1.807, 2.05) is 0 Å². The first-order chi connectivity index (χ1) is 21.8. The standard InChI is InChI=1S/C42H44N2/c1-3-16-39-35(14-1)27-37-25-31(18-20-41(37)39)10-5-7-22-43-29-33-12-9-13-34(24-33)30-44-23-8-6-11-32-19-21-42-38(26-32)28-36-15-2-4-17-40(36)42/h1-4,9,12-21,24-26,43-44H,5-8,10-11,22-23,27-30H2. The van der Waals surface area contributed by atoms with Gasteiger partial charge in [-0.05, 0) is 131 Å². The maximum atomic E-state index is 3.67. The summed E-state index contributed by atoms with van der Waals surface area (Å²) in [5.41, 5.74) is 17.4. The van der Waals surface area contributed by atoms with Gasteiger partial charge >= 0.3 is 0 Å². The van der Waals surface area contributed by atoms with E-state index in [-0.39, 0.29) is 0 Å². The highest BCUT2D eigenvalue weighted by Gasteiger charge is 2.18. The number of fused-ring (bicyclic) bond motifs is 6. The first-order valence-electron chi connectivity index (χ1n) is 16.7. The van der Waals surface area contributed by atoms with Gasteiger partial charge in [0.15, 0.2) is 0 Å². The topological polar surface area (TPSA) is 24.1 Å². The van der Waals surface area contributed by atoms with Crippen LogP contribution in [0.15, 0.2) is 109 Å². The van der Waals surface area contributed by atoms with E-state index in [2.05, 4.69) is 120 Å². The monoisotopic (exact) mass is 576 g/mol. The van der Waals surface area contributed by atoms with E-state index in [0.717, 1.165) is 51.9 Å². The summed E-state index contributed by atoms with van der Waals surface area (Å²) >= 11 is 0. The number of nitrogens with one attached hydrogen (secondary N) is 2. The van der Waals surface area contributed by atoms with Crippen LogP contribution >= 0.6 is 0 Å². The molecule has 0 bridgehead atoms. The van der Waals surface area contributed by atoms with E-state index in [1.54, 1.807) is 0 Å². The van der Waals surface area contributed by atoms with Crippen LogP contribution in [0.5, 0.6) is 0 Å². The molecule has 0 aliphatic heterocycles. The van der Waals surface area contributed by atoms with Crippen molar-refractivity contribution in [1.29, 1.82) is 0 Å². The molecule has 2 nitrogen and oxygen atoms in total. The Morgan fingerprint density at radius 1 is 0.386 bits per heavy atom. The molecular formula is C42H44N2. The Kier molecular flexibility index (Phi) is 9.00. The minimum atomic E-state index is 0.941. The quantitative estimate of drug-likeness (QED) is 0.126. The molecule has 0 fully saturated rings. The maximum Gasteiger partial charge on any atom is 0.0205 e. The largest absolute Gasteiger partial charge is 0.313 e. The zero-order valence-corrected chi connectivity index (χ0v) is 25.9. The molecule has 0 radical (unpaired) electrons. The summed E-state index contributed by atoms with van der Waals surface area (Å²) in [7, 11) is 0. The average molecular weight is 577 g/mol. The highest BCUT2D eigenvalue weighted by Crippen LogP contribution is 2.38. The number of benzene rings is 5. The minimum Gasteiger partial charge on any atom is -0.313 e. The Hall–Kier alpha value is -3.98. The van der Waals surface area contributed by atoms with Gasteiger partial charge in [-0.15, -0.1) is 0 Å². The van der Waals surface area contributed by atoms with Gasteiger partial charge in [-0.1, -0.05) is 109 Å². The first-order valence-corrected chi connectivity index (χ1v) is 16.7. The normalized spacial score (nSPS) is 12.5. The summed E-state index contributed by atoms with van der Waals surface area (Å²) < 4.78 is 0. The van der Waals surface area contributed by atoms with Gasteiger partial charge in [0, 0.05) is 13.1 Å². The van der Waals surface area contributed by atoms with E-state index in [4.69, 9.17) is 0 Å². The van der Waals surface area contributed by atoms with Crippen LogP contribution in [0, 0.1) is 0 Å². The molecule has 5 aromatic carbocycles. The van der Waals surface area contributed by atoms with Crippen molar-refractivity contribution < 1.29 is 0 Å². The lowest BCUT2D eigenvalue weighted by Crippen LogP contribution is -2.17. The van der Waals surface area contributed by atoms with Crippen LogP contribution in [0.1, 0.15) is 70.2 Å². The summed E-state index contributed by atoms with van der Waals surface area (Å²) in [6.07, 6.45) is 9.36. The van der Waals surface area contributed by atoms with Crippen molar-refractivity contribution in [2.24, 2.45) is 0 Å². The molecule has 0 amide bonds. The average Bonchev–Trinajstić information content (AvgIpc) is 3.62. The van der Waals surface area contributed by atoms with Crippen LogP contribution < -0.4 is 10.6 Å². The smallest absolute Gasteiger partial charge is 0.0205 e. The molecule has 0 unspecified atom stereocenters. The Balaban J connectivity index is 0.765. The fourth-order valence-corrected chi connectivity index (χ4v) is 7.18. The molecule has 2 aliphatic carbocycles. The van der Waals surface area contributed by atoms with Crippen LogP contribution in [0.2, 0.25) is 0 Å². The van der Waals surface area contributed by atoms with Crippen molar-refractivity contribution >= 4 is 0 Å². The molecule has 0 aromatic heterocycles. The van der Waals surface area contributed by atoms with Crippen molar-refractivity contribution in [2.45, 2.75) is 64.5 Å². The van der Waals surface area contributed by atoms with Crippen LogP contribution in [0.25, 0.3) is 22.3 Å². The second-order valence-electron chi connectivity index (χ2n) is 12.7. The maximum absolute atomic E-state index is 3.67. The highest BCUT2D eigenvalue weighted by molar-refractivity contribution is 5.77. The number of hydrogen-bond donors (Lipinski definition) is 2.